The molecule has 66 valence electrons. The molecular formula is C10H8FNO. The molecule has 0 aliphatic rings. The summed E-state index contributed by atoms with van der Waals surface area (Å²) in [6.07, 6.45) is 1.56. The van der Waals surface area contributed by atoms with Crippen LogP contribution < -0.4 is 4.74 Å². The number of aromatic nitrogens is 1. The molecule has 0 saturated carbocycles. The second kappa shape index (κ2) is 3.01. The summed E-state index contributed by atoms with van der Waals surface area (Å²) in [5, 5.41) is 0.699. The van der Waals surface area contributed by atoms with Crippen molar-refractivity contribution in [2.75, 3.05) is 7.11 Å². The lowest BCUT2D eigenvalue weighted by molar-refractivity contribution is 0.419. The van der Waals surface area contributed by atoms with Gasteiger partial charge in [0.25, 0.3) is 0 Å². The van der Waals surface area contributed by atoms with Crippen molar-refractivity contribution in [3.8, 4) is 5.75 Å². The number of benzene rings is 1. The quantitative estimate of drug-likeness (QED) is 0.667. The first-order valence-electron chi connectivity index (χ1n) is 3.90. The standard InChI is InChI=1S/C10H8FNO/c1-13-9-5-4-8(11)10-7(9)3-2-6-12-10/h2-6H,1H3. The van der Waals surface area contributed by atoms with E-state index >= 15 is 0 Å². The number of hydrogen-bond donors (Lipinski definition) is 0. The zero-order chi connectivity index (χ0) is 9.26. The van der Waals surface area contributed by atoms with Crippen LogP contribution in [0.5, 0.6) is 5.75 Å². The summed E-state index contributed by atoms with van der Waals surface area (Å²) in [5.41, 5.74) is 0.349. The lowest BCUT2D eigenvalue weighted by atomic mass is 10.2. The number of hydrogen-bond acceptors (Lipinski definition) is 2. The number of ether oxygens (including phenoxy) is 1. The molecule has 2 rings (SSSR count). The summed E-state index contributed by atoms with van der Waals surface area (Å²) >= 11 is 0. The largest absolute Gasteiger partial charge is 0.496 e. The van der Waals surface area contributed by atoms with Crippen LogP contribution >= 0.6 is 0 Å². The highest BCUT2D eigenvalue weighted by atomic mass is 19.1. The van der Waals surface area contributed by atoms with Gasteiger partial charge >= 0.3 is 0 Å². The Kier molecular flexibility index (Phi) is 1.85. The van der Waals surface area contributed by atoms with E-state index in [9.17, 15) is 4.39 Å². The van der Waals surface area contributed by atoms with E-state index in [0.29, 0.717) is 16.7 Å². The zero-order valence-corrected chi connectivity index (χ0v) is 7.12. The molecule has 0 radical (unpaired) electrons. The minimum Gasteiger partial charge on any atom is -0.496 e. The minimum absolute atomic E-state index is 0.323. The van der Waals surface area contributed by atoms with Crippen molar-refractivity contribution in [3.63, 3.8) is 0 Å². The van der Waals surface area contributed by atoms with Gasteiger partial charge in [0.15, 0.2) is 0 Å². The predicted molar refractivity (Wildman–Crippen MR) is 48.3 cm³/mol. The van der Waals surface area contributed by atoms with E-state index < -0.39 is 0 Å². The van der Waals surface area contributed by atoms with Gasteiger partial charge in [-0.25, -0.2) is 4.39 Å². The number of fused-ring (bicyclic) bond motifs is 1. The Morgan fingerprint density at radius 3 is 2.92 bits per heavy atom. The van der Waals surface area contributed by atoms with Gasteiger partial charge in [-0.2, -0.15) is 0 Å². The number of methoxy groups -OCH3 is 1. The summed E-state index contributed by atoms with van der Waals surface area (Å²) in [4.78, 5) is 3.93. The van der Waals surface area contributed by atoms with Crippen LogP contribution in [0.4, 0.5) is 4.39 Å². The molecule has 0 atom stereocenters. The first-order chi connectivity index (χ1) is 6.33. The molecule has 0 spiro atoms. The SMILES string of the molecule is COc1ccc(F)c2ncccc12. The molecule has 1 aromatic carbocycles. The zero-order valence-electron chi connectivity index (χ0n) is 7.12. The summed E-state index contributed by atoms with van der Waals surface area (Å²) in [6, 6.07) is 6.49. The Hall–Kier alpha value is -1.64. The molecule has 0 saturated heterocycles. The van der Waals surface area contributed by atoms with E-state index in [4.69, 9.17) is 4.74 Å². The fourth-order valence-electron chi connectivity index (χ4n) is 1.29. The Morgan fingerprint density at radius 2 is 2.15 bits per heavy atom. The van der Waals surface area contributed by atoms with Crippen LogP contribution in [0, 0.1) is 5.82 Å². The highest BCUT2D eigenvalue weighted by Gasteiger charge is 2.05. The third kappa shape index (κ3) is 1.22. The third-order valence-electron chi connectivity index (χ3n) is 1.90. The molecule has 1 heterocycles. The van der Waals surface area contributed by atoms with Gasteiger partial charge in [0.2, 0.25) is 0 Å². The molecule has 3 heteroatoms. The number of nitrogens with zero attached hydrogens (tertiary/aromatic N) is 1. The summed E-state index contributed by atoms with van der Waals surface area (Å²) in [5.74, 6) is 0.320. The van der Waals surface area contributed by atoms with Gasteiger partial charge in [-0.15, -0.1) is 0 Å². The van der Waals surface area contributed by atoms with Crippen molar-refractivity contribution in [2.24, 2.45) is 0 Å². The summed E-state index contributed by atoms with van der Waals surface area (Å²) < 4.78 is 18.3. The Balaban J connectivity index is 2.84. The van der Waals surface area contributed by atoms with Gasteiger partial charge in [-0.3, -0.25) is 4.98 Å². The third-order valence-corrected chi connectivity index (χ3v) is 1.90. The van der Waals surface area contributed by atoms with Crippen LogP contribution in [0.3, 0.4) is 0 Å². The molecule has 0 fully saturated rings. The summed E-state index contributed by atoms with van der Waals surface area (Å²) in [6.45, 7) is 0. The maximum Gasteiger partial charge on any atom is 0.149 e. The van der Waals surface area contributed by atoms with E-state index in [1.807, 2.05) is 0 Å². The van der Waals surface area contributed by atoms with Gasteiger partial charge in [-0.1, -0.05) is 0 Å². The molecule has 13 heavy (non-hydrogen) atoms. The van der Waals surface area contributed by atoms with E-state index in [1.165, 1.54) is 6.07 Å². The lowest BCUT2D eigenvalue weighted by Crippen LogP contribution is -1.88. The van der Waals surface area contributed by atoms with Gasteiger partial charge < -0.3 is 4.74 Å². The fraction of sp³-hybridized carbons (Fsp3) is 0.100. The van der Waals surface area contributed by atoms with E-state index in [-0.39, 0.29) is 5.82 Å². The average Bonchev–Trinajstić information content (AvgIpc) is 2.19. The van der Waals surface area contributed by atoms with Crippen molar-refractivity contribution in [3.05, 3.63) is 36.3 Å². The maximum atomic E-state index is 13.2. The highest BCUT2D eigenvalue weighted by Crippen LogP contribution is 2.25. The van der Waals surface area contributed by atoms with Crippen LogP contribution in [0.15, 0.2) is 30.5 Å². The van der Waals surface area contributed by atoms with Gasteiger partial charge in [0, 0.05) is 11.6 Å². The molecular weight excluding hydrogens is 169 g/mol. The van der Waals surface area contributed by atoms with E-state index in [2.05, 4.69) is 4.98 Å². The van der Waals surface area contributed by atoms with E-state index in [1.54, 1.807) is 31.5 Å². The van der Waals surface area contributed by atoms with Crippen molar-refractivity contribution in [2.45, 2.75) is 0 Å². The molecule has 0 aliphatic carbocycles. The predicted octanol–water partition coefficient (Wildman–Crippen LogP) is 2.38. The van der Waals surface area contributed by atoms with Crippen molar-refractivity contribution < 1.29 is 9.13 Å². The Bertz CT molecular complexity index is 442. The molecule has 1 aromatic heterocycles. The number of rotatable bonds is 1. The van der Waals surface area contributed by atoms with Crippen molar-refractivity contribution in [1.82, 2.24) is 4.98 Å². The van der Waals surface area contributed by atoms with Crippen LogP contribution in [-0.4, -0.2) is 12.1 Å². The van der Waals surface area contributed by atoms with Crippen LogP contribution in [0.2, 0.25) is 0 Å². The van der Waals surface area contributed by atoms with Crippen LogP contribution in [0.25, 0.3) is 10.9 Å². The Morgan fingerprint density at radius 1 is 1.31 bits per heavy atom. The van der Waals surface area contributed by atoms with Crippen molar-refractivity contribution in [1.29, 1.82) is 0 Å². The normalized spacial score (nSPS) is 10.3. The molecule has 2 aromatic rings. The topological polar surface area (TPSA) is 22.1 Å². The first kappa shape index (κ1) is 7.98. The van der Waals surface area contributed by atoms with Gasteiger partial charge in [0.1, 0.15) is 17.1 Å². The molecule has 0 bridgehead atoms. The van der Waals surface area contributed by atoms with Crippen LogP contribution in [0.1, 0.15) is 0 Å². The smallest absolute Gasteiger partial charge is 0.149 e. The second-order valence-corrected chi connectivity index (χ2v) is 2.65. The lowest BCUT2D eigenvalue weighted by Gasteiger charge is -2.04. The molecule has 0 aliphatic heterocycles. The first-order valence-corrected chi connectivity index (χ1v) is 3.90. The number of pyridine rings is 1. The monoisotopic (exact) mass is 177 g/mol. The van der Waals surface area contributed by atoms with Crippen LogP contribution in [-0.2, 0) is 0 Å². The summed E-state index contributed by atoms with van der Waals surface area (Å²) in [7, 11) is 1.56. The minimum atomic E-state index is -0.323. The van der Waals surface area contributed by atoms with E-state index in [0.717, 1.165) is 0 Å². The van der Waals surface area contributed by atoms with Gasteiger partial charge in [-0.05, 0) is 24.3 Å². The number of halogens is 1. The Labute approximate surface area is 75.0 Å². The van der Waals surface area contributed by atoms with Crippen molar-refractivity contribution >= 4 is 10.9 Å². The molecule has 2 nitrogen and oxygen atoms in total. The van der Waals surface area contributed by atoms with Gasteiger partial charge in [0.05, 0.1) is 7.11 Å². The molecule has 0 N–H and O–H groups in total. The highest BCUT2D eigenvalue weighted by molar-refractivity contribution is 5.85. The molecule has 0 amide bonds. The second-order valence-electron chi connectivity index (χ2n) is 2.65. The average molecular weight is 177 g/mol. The fourth-order valence-corrected chi connectivity index (χ4v) is 1.29. The maximum absolute atomic E-state index is 13.2. The molecule has 0 unspecified atom stereocenters.